The van der Waals surface area contributed by atoms with E-state index in [4.69, 9.17) is 4.52 Å². The van der Waals surface area contributed by atoms with E-state index in [1.54, 1.807) is 20.0 Å². The quantitative estimate of drug-likeness (QED) is 0.482. The molecule has 2 rings (SSSR count). The Morgan fingerprint density at radius 2 is 2.12 bits per heavy atom. The Labute approximate surface area is 153 Å². The van der Waals surface area contributed by atoms with Crippen molar-refractivity contribution in [2.24, 2.45) is 4.99 Å². The number of benzene rings is 1. The van der Waals surface area contributed by atoms with Crippen molar-refractivity contribution in [3.63, 3.8) is 0 Å². The summed E-state index contributed by atoms with van der Waals surface area (Å²) >= 11 is 0. The van der Waals surface area contributed by atoms with Gasteiger partial charge in [-0.2, -0.15) is 4.98 Å². The van der Waals surface area contributed by atoms with E-state index >= 15 is 0 Å². The van der Waals surface area contributed by atoms with E-state index in [2.05, 4.69) is 31.1 Å². The highest BCUT2D eigenvalue weighted by Crippen LogP contribution is 2.05. The lowest BCUT2D eigenvalue weighted by atomic mass is 10.1. The molecular formula is C18H26N6O2. The minimum absolute atomic E-state index is 0.0778. The van der Waals surface area contributed by atoms with Gasteiger partial charge in [-0.05, 0) is 38.0 Å². The summed E-state index contributed by atoms with van der Waals surface area (Å²) in [6, 6.07) is 7.62. The zero-order valence-electron chi connectivity index (χ0n) is 15.5. The molecule has 1 aromatic heterocycles. The second-order valence-corrected chi connectivity index (χ2v) is 5.70. The molecule has 0 aliphatic heterocycles. The highest BCUT2D eigenvalue weighted by Gasteiger charge is 2.05. The second kappa shape index (κ2) is 10.2. The van der Waals surface area contributed by atoms with Crippen molar-refractivity contribution in [1.82, 2.24) is 26.1 Å². The van der Waals surface area contributed by atoms with E-state index in [0.717, 1.165) is 24.5 Å². The SMILES string of the molecule is CCNC(=NCCc1nc(C)no1)NCCc1cccc(C(=O)NC)c1. The number of amides is 1. The first-order chi connectivity index (χ1) is 12.6. The molecule has 1 aromatic carbocycles. The monoisotopic (exact) mass is 358 g/mol. The maximum atomic E-state index is 11.7. The van der Waals surface area contributed by atoms with Crippen LogP contribution in [0.1, 0.15) is 34.6 Å². The summed E-state index contributed by atoms with van der Waals surface area (Å²) in [7, 11) is 1.63. The van der Waals surface area contributed by atoms with Crippen molar-refractivity contribution in [2.45, 2.75) is 26.7 Å². The lowest BCUT2D eigenvalue weighted by Gasteiger charge is -2.11. The van der Waals surface area contributed by atoms with Crippen molar-refractivity contribution >= 4 is 11.9 Å². The van der Waals surface area contributed by atoms with Crippen molar-refractivity contribution in [2.75, 3.05) is 26.7 Å². The van der Waals surface area contributed by atoms with E-state index in [0.29, 0.717) is 36.8 Å². The Balaban J connectivity index is 1.84. The fourth-order valence-electron chi connectivity index (χ4n) is 2.38. The minimum atomic E-state index is -0.0778. The molecule has 0 saturated carbocycles. The van der Waals surface area contributed by atoms with Gasteiger partial charge in [-0.1, -0.05) is 17.3 Å². The Morgan fingerprint density at radius 1 is 1.27 bits per heavy atom. The summed E-state index contributed by atoms with van der Waals surface area (Å²) < 4.78 is 5.08. The van der Waals surface area contributed by atoms with Gasteiger partial charge in [-0.3, -0.25) is 9.79 Å². The van der Waals surface area contributed by atoms with Gasteiger partial charge in [-0.25, -0.2) is 0 Å². The lowest BCUT2D eigenvalue weighted by Crippen LogP contribution is -2.38. The van der Waals surface area contributed by atoms with Crippen molar-refractivity contribution < 1.29 is 9.32 Å². The first-order valence-electron chi connectivity index (χ1n) is 8.74. The molecule has 3 N–H and O–H groups in total. The van der Waals surface area contributed by atoms with E-state index in [9.17, 15) is 4.79 Å². The highest BCUT2D eigenvalue weighted by molar-refractivity contribution is 5.94. The van der Waals surface area contributed by atoms with Gasteiger partial charge in [-0.15, -0.1) is 0 Å². The number of hydrogen-bond donors (Lipinski definition) is 3. The number of carbonyl (C=O) groups is 1. The van der Waals surface area contributed by atoms with Gasteiger partial charge in [0.1, 0.15) is 0 Å². The molecular weight excluding hydrogens is 332 g/mol. The van der Waals surface area contributed by atoms with Gasteiger partial charge in [0.15, 0.2) is 11.8 Å². The van der Waals surface area contributed by atoms with Crippen LogP contribution in [0.4, 0.5) is 0 Å². The summed E-state index contributed by atoms with van der Waals surface area (Å²) in [4.78, 5) is 20.4. The number of aryl methyl sites for hydroxylation is 1. The van der Waals surface area contributed by atoms with Gasteiger partial charge < -0.3 is 20.5 Å². The number of carbonyl (C=O) groups excluding carboxylic acids is 1. The molecule has 0 saturated heterocycles. The van der Waals surface area contributed by atoms with Crippen LogP contribution >= 0.6 is 0 Å². The summed E-state index contributed by atoms with van der Waals surface area (Å²) in [6.45, 7) is 5.86. The standard InChI is InChI=1S/C18H26N6O2/c1-4-20-18(22-11-9-16-23-13(2)24-26-16)21-10-8-14-6-5-7-15(12-14)17(25)19-3/h5-7,12H,4,8-11H2,1-3H3,(H,19,25)(H2,20,21,22). The molecule has 0 spiro atoms. The average molecular weight is 358 g/mol. The molecule has 140 valence electrons. The number of hydrogen-bond acceptors (Lipinski definition) is 5. The maximum absolute atomic E-state index is 11.7. The van der Waals surface area contributed by atoms with Gasteiger partial charge in [0.25, 0.3) is 5.91 Å². The van der Waals surface area contributed by atoms with Gasteiger partial charge >= 0.3 is 0 Å². The molecule has 8 nitrogen and oxygen atoms in total. The first kappa shape index (κ1) is 19.4. The molecule has 0 aliphatic rings. The summed E-state index contributed by atoms with van der Waals surface area (Å²) in [5.41, 5.74) is 1.76. The number of aliphatic imine (C=N–C) groups is 1. The molecule has 1 amide bonds. The predicted molar refractivity (Wildman–Crippen MR) is 100 cm³/mol. The predicted octanol–water partition coefficient (Wildman–Crippen LogP) is 1.08. The first-order valence-corrected chi connectivity index (χ1v) is 8.74. The van der Waals surface area contributed by atoms with Crippen LogP contribution in [0.3, 0.4) is 0 Å². The average Bonchev–Trinajstić information content (AvgIpc) is 3.06. The molecule has 0 atom stereocenters. The van der Waals surface area contributed by atoms with E-state index in [1.165, 1.54) is 0 Å². The normalized spacial score (nSPS) is 11.3. The summed E-state index contributed by atoms with van der Waals surface area (Å²) in [5.74, 6) is 1.89. The molecule has 0 radical (unpaired) electrons. The minimum Gasteiger partial charge on any atom is -0.357 e. The molecule has 8 heteroatoms. The maximum Gasteiger partial charge on any atom is 0.251 e. The molecule has 0 bridgehead atoms. The fourth-order valence-corrected chi connectivity index (χ4v) is 2.38. The molecule has 0 unspecified atom stereocenters. The Kier molecular flexibility index (Phi) is 7.60. The zero-order valence-corrected chi connectivity index (χ0v) is 15.5. The molecule has 0 fully saturated rings. The molecule has 26 heavy (non-hydrogen) atoms. The third kappa shape index (κ3) is 6.19. The van der Waals surface area contributed by atoms with Crippen LogP contribution in [0.15, 0.2) is 33.8 Å². The third-order valence-corrected chi connectivity index (χ3v) is 3.63. The van der Waals surface area contributed by atoms with Gasteiger partial charge in [0.05, 0.1) is 6.54 Å². The van der Waals surface area contributed by atoms with Crippen LogP contribution in [-0.2, 0) is 12.8 Å². The number of guanidine groups is 1. The van der Waals surface area contributed by atoms with Crippen LogP contribution in [-0.4, -0.2) is 48.7 Å². The van der Waals surface area contributed by atoms with Crippen molar-refractivity contribution in [3.05, 3.63) is 47.1 Å². The van der Waals surface area contributed by atoms with Crippen LogP contribution < -0.4 is 16.0 Å². The van der Waals surface area contributed by atoms with Crippen LogP contribution in [0.5, 0.6) is 0 Å². The summed E-state index contributed by atoms with van der Waals surface area (Å²) in [5, 5.41) is 12.9. The van der Waals surface area contributed by atoms with E-state index in [1.807, 2.05) is 25.1 Å². The second-order valence-electron chi connectivity index (χ2n) is 5.70. The number of nitrogens with zero attached hydrogens (tertiary/aromatic N) is 3. The van der Waals surface area contributed by atoms with Crippen LogP contribution in [0.25, 0.3) is 0 Å². The van der Waals surface area contributed by atoms with Crippen LogP contribution in [0, 0.1) is 6.92 Å². The Bertz CT molecular complexity index is 741. The smallest absolute Gasteiger partial charge is 0.251 e. The summed E-state index contributed by atoms with van der Waals surface area (Å²) in [6.07, 6.45) is 1.39. The van der Waals surface area contributed by atoms with E-state index < -0.39 is 0 Å². The number of rotatable bonds is 8. The number of aromatic nitrogens is 2. The van der Waals surface area contributed by atoms with E-state index in [-0.39, 0.29) is 5.91 Å². The van der Waals surface area contributed by atoms with Gasteiger partial charge in [0, 0.05) is 32.1 Å². The third-order valence-electron chi connectivity index (χ3n) is 3.63. The highest BCUT2D eigenvalue weighted by atomic mass is 16.5. The Morgan fingerprint density at radius 3 is 2.81 bits per heavy atom. The molecule has 0 aliphatic carbocycles. The topological polar surface area (TPSA) is 104 Å². The molecule has 1 heterocycles. The largest absolute Gasteiger partial charge is 0.357 e. The molecule has 2 aromatic rings. The zero-order chi connectivity index (χ0) is 18.8. The van der Waals surface area contributed by atoms with Crippen molar-refractivity contribution in [3.8, 4) is 0 Å². The lowest BCUT2D eigenvalue weighted by molar-refractivity contribution is 0.0963. The van der Waals surface area contributed by atoms with Crippen LogP contribution in [0.2, 0.25) is 0 Å². The van der Waals surface area contributed by atoms with Crippen molar-refractivity contribution in [1.29, 1.82) is 0 Å². The number of nitrogens with one attached hydrogen (secondary N) is 3. The fraction of sp³-hybridized carbons (Fsp3) is 0.444. The Hall–Kier alpha value is -2.90. The van der Waals surface area contributed by atoms with Gasteiger partial charge in [0.2, 0.25) is 5.89 Å².